The van der Waals surface area contributed by atoms with Gasteiger partial charge in [0, 0.05) is 17.8 Å². The van der Waals surface area contributed by atoms with Crippen LogP contribution in [0.1, 0.15) is 56.8 Å². The topological polar surface area (TPSA) is 79.7 Å². The predicted octanol–water partition coefficient (Wildman–Crippen LogP) is 4.48. The molecule has 162 valence electrons. The first-order valence-corrected chi connectivity index (χ1v) is 10.9. The lowest BCUT2D eigenvalue weighted by Crippen LogP contribution is -2.37. The summed E-state index contributed by atoms with van der Waals surface area (Å²) in [6.45, 7) is 4.74. The Morgan fingerprint density at radius 3 is 2.45 bits per heavy atom. The Hall–Kier alpha value is -3.15. The Morgan fingerprint density at radius 2 is 1.84 bits per heavy atom. The lowest BCUT2D eigenvalue weighted by atomic mass is 9.97. The zero-order valence-electron chi connectivity index (χ0n) is 18.0. The molecule has 1 atom stereocenters. The van der Waals surface area contributed by atoms with Crippen LogP contribution in [0.5, 0.6) is 5.75 Å². The number of aliphatic hydroxyl groups is 1. The number of nitrogens with zero attached hydrogens (tertiary/aromatic N) is 2. The lowest BCUT2D eigenvalue weighted by Gasteiger charge is -2.30. The first-order valence-electron chi connectivity index (χ1n) is 10.9. The summed E-state index contributed by atoms with van der Waals surface area (Å²) >= 11 is 0. The molecule has 2 fully saturated rings. The zero-order chi connectivity index (χ0) is 22.0. The summed E-state index contributed by atoms with van der Waals surface area (Å²) in [5.41, 5.74) is 1.17. The van der Waals surface area contributed by atoms with Crippen molar-refractivity contribution in [2.24, 2.45) is 5.92 Å². The zero-order valence-corrected chi connectivity index (χ0v) is 18.0. The van der Waals surface area contributed by atoms with Crippen LogP contribution < -0.4 is 4.74 Å². The van der Waals surface area contributed by atoms with Gasteiger partial charge in [0.2, 0.25) is 0 Å². The van der Waals surface area contributed by atoms with Gasteiger partial charge in [0.05, 0.1) is 17.9 Å². The Kier molecular flexibility index (Phi) is 6.07. The number of carbonyl (C=O) groups excluding carboxylic acids is 2. The molecule has 2 aliphatic rings. The molecule has 1 aromatic carbocycles. The summed E-state index contributed by atoms with van der Waals surface area (Å²) < 4.78 is 5.70. The number of likely N-dealkylation sites (tertiary alicyclic amines) is 1. The Morgan fingerprint density at radius 1 is 1.13 bits per heavy atom. The molecule has 2 aromatic rings. The summed E-state index contributed by atoms with van der Waals surface area (Å²) in [6.07, 6.45) is 5.42. The number of hydrogen-bond acceptors (Lipinski definition) is 5. The van der Waals surface area contributed by atoms with Crippen LogP contribution in [-0.4, -0.2) is 39.3 Å². The molecule has 1 saturated heterocycles. The molecule has 2 heterocycles. The molecular formula is C25H28N2O4. The van der Waals surface area contributed by atoms with Gasteiger partial charge in [-0.05, 0) is 55.2 Å². The fourth-order valence-corrected chi connectivity index (χ4v) is 4.36. The molecule has 1 amide bonds. The van der Waals surface area contributed by atoms with Crippen LogP contribution in [0.2, 0.25) is 0 Å². The average Bonchev–Trinajstić information content (AvgIpc) is 3.40. The van der Waals surface area contributed by atoms with Gasteiger partial charge < -0.3 is 14.7 Å². The maximum absolute atomic E-state index is 13.1. The maximum atomic E-state index is 13.1. The smallest absolute Gasteiger partial charge is 0.295 e. The van der Waals surface area contributed by atoms with Gasteiger partial charge >= 0.3 is 0 Å². The molecule has 0 spiro atoms. The molecule has 1 aliphatic carbocycles. The minimum Gasteiger partial charge on any atom is -0.507 e. The molecule has 0 radical (unpaired) electrons. The van der Waals surface area contributed by atoms with E-state index in [1.165, 1.54) is 0 Å². The third-order valence-electron chi connectivity index (χ3n) is 5.88. The molecule has 1 aromatic heterocycles. The van der Waals surface area contributed by atoms with E-state index in [-0.39, 0.29) is 17.4 Å². The molecule has 6 heteroatoms. The van der Waals surface area contributed by atoms with Gasteiger partial charge in [-0.2, -0.15) is 0 Å². The first kappa shape index (κ1) is 21.1. The minimum atomic E-state index is -0.679. The highest BCUT2D eigenvalue weighted by Crippen LogP contribution is 2.42. The molecule has 1 saturated carbocycles. The number of carbonyl (C=O) groups is 2. The molecule has 1 N–H and O–H groups in total. The van der Waals surface area contributed by atoms with Gasteiger partial charge in [0.25, 0.3) is 11.7 Å². The number of rotatable bonds is 6. The van der Waals surface area contributed by atoms with Gasteiger partial charge in [-0.15, -0.1) is 0 Å². The average molecular weight is 421 g/mol. The molecule has 1 unspecified atom stereocenters. The first-order chi connectivity index (χ1) is 15.0. The number of amides is 1. The van der Waals surface area contributed by atoms with E-state index >= 15 is 0 Å². The quantitative estimate of drug-likeness (QED) is 0.423. The lowest BCUT2D eigenvalue weighted by molar-refractivity contribution is -0.141. The van der Waals surface area contributed by atoms with E-state index < -0.39 is 17.7 Å². The van der Waals surface area contributed by atoms with Gasteiger partial charge in [-0.1, -0.05) is 32.8 Å². The maximum Gasteiger partial charge on any atom is 0.295 e. The molecular weight excluding hydrogens is 392 g/mol. The number of benzene rings is 1. The highest BCUT2D eigenvalue weighted by atomic mass is 16.5. The molecule has 6 nitrogen and oxygen atoms in total. The van der Waals surface area contributed by atoms with Crippen LogP contribution in [0.15, 0.2) is 54.2 Å². The van der Waals surface area contributed by atoms with Gasteiger partial charge in [0.1, 0.15) is 17.6 Å². The van der Waals surface area contributed by atoms with Crippen LogP contribution in [-0.2, 0) is 9.59 Å². The van der Waals surface area contributed by atoms with Crippen molar-refractivity contribution in [2.45, 2.75) is 51.6 Å². The number of Topliss-reactive ketones (excluding diaryl/α,β-unsaturated/α-hetero) is 1. The van der Waals surface area contributed by atoms with Crippen LogP contribution in [0.3, 0.4) is 0 Å². The summed E-state index contributed by atoms with van der Waals surface area (Å²) in [5, 5.41) is 11.1. The summed E-state index contributed by atoms with van der Waals surface area (Å²) in [5.74, 6) is -0.290. The predicted molar refractivity (Wildman–Crippen MR) is 117 cm³/mol. The van der Waals surface area contributed by atoms with Crippen molar-refractivity contribution in [1.82, 2.24) is 9.88 Å². The van der Waals surface area contributed by atoms with Crippen molar-refractivity contribution >= 4 is 17.4 Å². The van der Waals surface area contributed by atoms with E-state index in [0.717, 1.165) is 25.7 Å². The van der Waals surface area contributed by atoms with E-state index in [4.69, 9.17) is 4.74 Å². The second-order valence-corrected chi connectivity index (χ2v) is 8.63. The normalized spacial score (nSPS) is 21.3. The highest BCUT2D eigenvalue weighted by molar-refractivity contribution is 6.46. The number of hydrogen-bond donors (Lipinski definition) is 1. The monoisotopic (exact) mass is 420 g/mol. The fourth-order valence-electron chi connectivity index (χ4n) is 4.36. The summed E-state index contributed by atoms with van der Waals surface area (Å²) in [7, 11) is 0. The number of aromatic nitrogens is 1. The number of ether oxygens (including phenoxy) is 1. The van der Waals surface area contributed by atoms with Gasteiger partial charge in [-0.25, -0.2) is 0 Å². The Balaban J connectivity index is 1.74. The van der Waals surface area contributed by atoms with Gasteiger partial charge in [-0.3, -0.25) is 14.6 Å². The van der Waals surface area contributed by atoms with Crippen molar-refractivity contribution in [3.8, 4) is 5.75 Å². The second-order valence-electron chi connectivity index (χ2n) is 8.63. The SMILES string of the molecule is CC(C)COc1ccc(/C(O)=C2/C(=O)C(=O)N(C3CCCC3)C2c2ccccn2)cc1. The largest absolute Gasteiger partial charge is 0.507 e. The third kappa shape index (κ3) is 4.20. The van der Waals surface area contributed by atoms with E-state index in [2.05, 4.69) is 18.8 Å². The number of pyridine rings is 1. The van der Waals surface area contributed by atoms with E-state index in [1.54, 1.807) is 47.5 Å². The second kappa shape index (κ2) is 8.92. The molecule has 1 aliphatic heterocycles. The Bertz CT molecular complexity index is 976. The minimum absolute atomic E-state index is 0.0134. The Labute approximate surface area is 182 Å². The number of ketones is 1. The van der Waals surface area contributed by atoms with Crippen molar-refractivity contribution in [3.63, 3.8) is 0 Å². The third-order valence-corrected chi connectivity index (χ3v) is 5.88. The van der Waals surface area contributed by atoms with Crippen molar-refractivity contribution in [3.05, 3.63) is 65.5 Å². The van der Waals surface area contributed by atoms with Crippen LogP contribution in [0, 0.1) is 5.92 Å². The van der Waals surface area contributed by atoms with E-state index in [0.29, 0.717) is 29.5 Å². The van der Waals surface area contributed by atoms with E-state index in [9.17, 15) is 14.7 Å². The van der Waals surface area contributed by atoms with Crippen molar-refractivity contribution in [1.29, 1.82) is 0 Å². The van der Waals surface area contributed by atoms with Crippen molar-refractivity contribution in [2.75, 3.05) is 6.61 Å². The highest BCUT2D eigenvalue weighted by Gasteiger charge is 2.49. The molecule has 31 heavy (non-hydrogen) atoms. The number of aliphatic hydroxyl groups excluding tert-OH is 1. The van der Waals surface area contributed by atoms with Crippen LogP contribution >= 0.6 is 0 Å². The molecule has 0 bridgehead atoms. The summed E-state index contributed by atoms with van der Waals surface area (Å²) in [4.78, 5) is 32.1. The fraction of sp³-hybridized carbons (Fsp3) is 0.400. The van der Waals surface area contributed by atoms with Crippen molar-refractivity contribution < 1.29 is 19.4 Å². The summed E-state index contributed by atoms with van der Waals surface area (Å²) in [6, 6.07) is 11.7. The van der Waals surface area contributed by atoms with Crippen LogP contribution in [0.4, 0.5) is 0 Å². The van der Waals surface area contributed by atoms with E-state index in [1.807, 2.05) is 6.07 Å². The van der Waals surface area contributed by atoms with Gasteiger partial charge in [0.15, 0.2) is 0 Å². The standard InChI is InChI=1S/C25H28N2O4/c1-16(2)15-31-19-12-10-17(11-13-19)23(28)21-22(20-9-5-6-14-26-20)27(25(30)24(21)29)18-7-3-4-8-18/h5-6,9-14,16,18,22,28H,3-4,7-8,15H2,1-2H3/b23-21-. The molecule has 4 rings (SSSR count). The van der Waals surface area contributed by atoms with Crippen LogP contribution in [0.25, 0.3) is 5.76 Å².